The molecular weight excluding hydrogens is 330 g/mol. The largest absolute Gasteiger partial charge is 0.273 e. The Hall–Kier alpha value is -2.24. The number of amides is 1. The molecular formula is C20H25N3O3. The van der Waals surface area contributed by atoms with Gasteiger partial charge in [-0.3, -0.25) is 14.9 Å². The maximum Gasteiger partial charge on any atom is 0.269 e. The highest BCUT2D eigenvalue weighted by molar-refractivity contribution is 5.90. The summed E-state index contributed by atoms with van der Waals surface area (Å²) in [6, 6.07) is 6.08. The van der Waals surface area contributed by atoms with Gasteiger partial charge in [-0.25, -0.2) is 5.43 Å². The van der Waals surface area contributed by atoms with Crippen LogP contribution in [0.1, 0.15) is 51.0 Å². The van der Waals surface area contributed by atoms with E-state index in [1.807, 2.05) is 0 Å². The third kappa shape index (κ3) is 3.24. The third-order valence-corrected chi connectivity index (χ3v) is 6.67. The SMILES string of the molecule is C/C(=N\NC(=O)Cc1ccc([N+](=O)[O-])cc1)C12CC3CC(CC(C3)C1)C2. The second-order valence-corrected chi connectivity index (χ2v) is 8.53. The Labute approximate surface area is 153 Å². The first kappa shape index (κ1) is 17.2. The monoisotopic (exact) mass is 355 g/mol. The summed E-state index contributed by atoms with van der Waals surface area (Å²) in [5, 5.41) is 15.1. The van der Waals surface area contributed by atoms with E-state index in [1.165, 1.54) is 50.7 Å². The van der Waals surface area contributed by atoms with Gasteiger partial charge in [-0.05, 0) is 68.8 Å². The summed E-state index contributed by atoms with van der Waals surface area (Å²) in [6.07, 6.45) is 8.03. The molecule has 0 atom stereocenters. The van der Waals surface area contributed by atoms with E-state index >= 15 is 0 Å². The Morgan fingerprint density at radius 1 is 1.15 bits per heavy atom. The fourth-order valence-electron chi connectivity index (χ4n) is 5.78. The van der Waals surface area contributed by atoms with Crippen molar-refractivity contribution in [2.24, 2.45) is 28.3 Å². The standard InChI is InChI=1S/C20H25N3O3/c1-13(20-10-15-6-16(11-20)8-17(7-15)12-20)21-22-19(24)9-14-2-4-18(5-3-14)23(25)26/h2-5,15-17H,6-12H2,1H3,(H,22,24)/b21-13+. The fourth-order valence-corrected chi connectivity index (χ4v) is 5.78. The number of carbonyl (C=O) groups excluding carboxylic acids is 1. The van der Waals surface area contributed by atoms with Crippen LogP contribution in [0.3, 0.4) is 0 Å². The van der Waals surface area contributed by atoms with Crippen LogP contribution in [-0.4, -0.2) is 16.5 Å². The molecule has 0 spiro atoms. The maximum absolute atomic E-state index is 12.2. The molecule has 1 amide bonds. The number of nitro benzene ring substituents is 1. The summed E-state index contributed by atoms with van der Waals surface area (Å²) in [5.74, 6) is 2.37. The molecule has 0 aromatic heterocycles. The van der Waals surface area contributed by atoms with Crippen molar-refractivity contribution in [2.75, 3.05) is 0 Å². The molecule has 0 unspecified atom stereocenters. The van der Waals surface area contributed by atoms with E-state index in [2.05, 4.69) is 17.5 Å². The van der Waals surface area contributed by atoms with Crippen LogP contribution in [0, 0.1) is 33.3 Å². The lowest BCUT2D eigenvalue weighted by atomic mass is 9.48. The zero-order chi connectivity index (χ0) is 18.3. The maximum atomic E-state index is 12.2. The minimum atomic E-state index is -0.441. The van der Waals surface area contributed by atoms with Gasteiger partial charge >= 0.3 is 0 Å². The molecule has 6 heteroatoms. The van der Waals surface area contributed by atoms with Crippen molar-refractivity contribution in [2.45, 2.75) is 51.9 Å². The molecule has 1 N–H and O–H groups in total. The lowest BCUT2D eigenvalue weighted by molar-refractivity contribution is -0.384. The molecule has 4 saturated carbocycles. The van der Waals surface area contributed by atoms with Crippen LogP contribution in [0.25, 0.3) is 0 Å². The summed E-state index contributed by atoms with van der Waals surface area (Å²) in [6.45, 7) is 2.07. The number of rotatable bonds is 5. The molecule has 1 aromatic carbocycles. The molecule has 26 heavy (non-hydrogen) atoms. The van der Waals surface area contributed by atoms with E-state index in [-0.39, 0.29) is 23.4 Å². The van der Waals surface area contributed by atoms with Crippen LogP contribution in [0.4, 0.5) is 5.69 Å². The van der Waals surface area contributed by atoms with Crippen molar-refractivity contribution in [1.82, 2.24) is 5.43 Å². The average Bonchev–Trinajstić information content (AvgIpc) is 2.59. The van der Waals surface area contributed by atoms with Gasteiger partial charge in [-0.1, -0.05) is 12.1 Å². The van der Waals surface area contributed by atoms with Gasteiger partial charge in [0.25, 0.3) is 5.69 Å². The van der Waals surface area contributed by atoms with Gasteiger partial charge in [0.05, 0.1) is 11.3 Å². The number of hydrogen-bond acceptors (Lipinski definition) is 4. The van der Waals surface area contributed by atoms with Crippen LogP contribution in [0.2, 0.25) is 0 Å². The Morgan fingerprint density at radius 2 is 1.69 bits per heavy atom. The average molecular weight is 355 g/mol. The van der Waals surface area contributed by atoms with E-state index in [4.69, 9.17) is 0 Å². The van der Waals surface area contributed by atoms with Crippen LogP contribution >= 0.6 is 0 Å². The first-order valence-corrected chi connectivity index (χ1v) is 9.50. The number of hydrazone groups is 1. The Balaban J connectivity index is 1.38. The molecule has 6 nitrogen and oxygen atoms in total. The van der Waals surface area contributed by atoms with Crippen molar-refractivity contribution < 1.29 is 9.72 Å². The molecule has 4 aliphatic carbocycles. The molecule has 1 aromatic rings. The lowest BCUT2D eigenvalue weighted by Gasteiger charge is -2.56. The number of nitrogens with zero attached hydrogens (tertiary/aromatic N) is 2. The molecule has 0 aliphatic heterocycles. The number of benzene rings is 1. The second-order valence-electron chi connectivity index (χ2n) is 8.53. The van der Waals surface area contributed by atoms with E-state index in [0.29, 0.717) is 0 Å². The van der Waals surface area contributed by atoms with E-state index in [0.717, 1.165) is 29.0 Å². The van der Waals surface area contributed by atoms with Gasteiger partial charge in [-0.15, -0.1) is 0 Å². The summed E-state index contributed by atoms with van der Waals surface area (Å²) in [5.41, 5.74) is 4.77. The van der Waals surface area contributed by atoms with Crippen molar-refractivity contribution in [1.29, 1.82) is 0 Å². The van der Waals surface area contributed by atoms with Gasteiger partial charge in [0.15, 0.2) is 0 Å². The minimum Gasteiger partial charge on any atom is -0.273 e. The molecule has 0 saturated heterocycles. The van der Waals surface area contributed by atoms with E-state index in [9.17, 15) is 14.9 Å². The molecule has 0 heterocycles. The smallest absolute Gasteiger partial charge is 0.269 e. The lowest BCUT2D eigenvalue weighted by Crippen LogP contribution is -2.49. The molecule has 5 rings (SSSR count). The van der Waals surface area contributed by atoms with Crippen LogP contribution in [0.5, 0.6) is 0 Å². The minimum absolute atomic E-state index is 0.0323. The van der Waals surface area contributed by atoms with E-state index < -0.39 is 4.92 Å². The first-order chi connectivity index (χ1) is 12.4. The van der Waals surface area contributed by atoms with Crippen LogP contribution in [0.15, 0.2) is 29.4 Å². The zero-order valence-corrected chi connectivity index (χ0v) is 15.1. The third-order valence-electron chi connectivity index (χ3n) is 6.67. The predicted octanol–water partition coefficient (Wildman–Crippen LogP) is 3.85. The van der Waals surface area contributed by atoms with Crippen molar-refractivity contribution in [3.8, 4) is 0 Å². The Morgan fingerprint density at radius 3 is 2.19 bits per heavy atom. The van der Waals surface area contributed by atoms with Gasteiger partial charge in [0.2, 0.25) is 5.91 Å². The molecule has 138 valence electrons. The zero-order valence-electron chi connectivity index (χ0n) is 15.1. The number of nitrogens with one attached hydrogen (secondary N) is 1. The molecule has 4 fully saturated rings. The predicted molar refractivity (Wildman–Crippen MR) is 98.7 cm³/mol. The van der Waals surface area contributed by atoms with E-state index in [1.54, 1.807) is 12.1 Å². The number of carbonyl (C=O) groups is 1. The van der Waals surface area contributed by atoms with Gasteiger partial charge in [-0.2, -0.15) is 5.10 Å². The number of non-ortho nitro benzene ring substituents is 1. The van der Waals surface area contributed by atoms with Gasteiger partial charge in [0, 0.05) is 23.3 Å². The molecule has 4 bridgehead atoms. The van der Waals surface area contributed by atoms with Crippen molar-refractivity contribution in [3.63, 3.8) is 0 Å². The second kappa shape index (κ2) is 6.49. The Kier molecular flexibility index (Phi) is 4.29. The molecule has 0 radical (unpaired) electrons. The summed E-state index contributed by atoms with van der Waals surface area (Å²) >= 11 is 0. The normalized spacial score (nSPS) is 32.5. The van der Waals surface area contributed by atoms with Crippen molar-refractivity contribution in [3.05, 3.63) is 39.9 Å². The van der Waals surface area contributed by atoms with Gasteiger partial charge in [0.1, 0.15) is 0 Å². The van der Waals surface area contributed by atoms with Crippen molar-refractivity contribution >= 4 is 17.3 Å². The quantitative estimate of drug-likeness (QED) is 0.495. The topological polar surface area (TPSA) is 84.6 Å². The first-order valence-electron chi connectivity index (χ1n) is 9.50. The molecule has 4 aliphatic rings. The fraction of sp³-hybridized carbons (Fsp3) is 0.600. The van der Waals surface area contributed by atoms with Crippen LogP contribution < -0.4 is 5.43 Å². The van der Waals surface area contributed by atoms with Crippen LogP contribution in [-0.2, 0) is 11.2 Å². The highest BCUT2D eigenvalue weighted by Crippen LogP contribution is 2.60. The van der Waals surface area contributed by atoms with Gasteiger partial charge < -0.3 is 0 Å². The number of nitro groups is 1. The Bertz CT molecular complexity index is 719. The summed E-state index contributed by atoms with van der Waals surface area (Å²) < 4.78 is 0. The summed E-state index contributed by atoms with van der Waals surface area (Å²) in [7, 11) is 0. The highest BCUT2D eigenvalue weighted by atomic mass is 16.6. The highest BCUT2D eigenvalue weighted by Gasteiger charge is 2.52. The summed E-state index contributed by atoms with van der Waals surface area (Å²) in [4.78, 5) is 22.5. The number of hydrogen-bond donors (Lipinski definition) is 1.